The van der Waals surface area contributed by atoms with E-state index < -0.39 is 195 Å². The van der Waals surface area contributed by atoms with E-state index in [2.05, 4.69) is 12.6 Å². The lowest BCUT2D eigenvalue weighted by atomic mass is 9.12. The quantitative estimate of drug-likeness (QED) is 0.0500. The maximum Gasteiger partial charge on any atom is 0.416 e. The molecule has 0 N–H and O–H groups in total. The van der Waals surface area contributed by atoms with E-state index in [4.69, 9.17) is 0 Å². The Morgan fingerprint density at radius 2 is 0.688 bits per heavy atom. The van der Waals surface area contributed by atoms with Crippen molar-refractivity contribution in [3.05, 3.63) is 202 Å². The third-order valence-corrected chi connectivity index (χ3v) is 12.2. The van der Waals surface area contributed by atoms with Crippen molar-refractivity contribution < 1.29 is 115 Å². The van der Waals surface area contributed by atoms with Gasteiger partial charge in [-0.1, -0.05) is 104 Å². The molecule has 28 heteroatoms. The van der Waals surface area contributed by atoms with Gasteiger partial charge in [0.05, 0.1) is 49.9 Å². The summed E-state index contributed by atoms with van der Waals surface area (Å²) in [6.07, 6.45) is -53.0. The van der Waals surface area contributed by atoms with Crippen molar-refractivity contribution in [3.63, 3.8) is 0 Å². The largest absolute Gasteiger partial charge is 0.416 e. The topological polar surface area (TPSA) is 44.7 Å². The number of alkyl halides is 24. The molecule has 0 aliphatic rings. The first kappa shape index (κ1) is 61.2. The average Bonchev–Trinajstić information content (AvgIpc) is 3.34. The average molecular weight is 1160 g/mol. The van der Waals surface area contributed by atoms with Crippen LogP contribution in [0.1, 0.15) is 60.6 Å². The number of aromatic nitrogens is 1. The number of allylic oxidation sites excluding steroid dienone is 1. The summed E-state index contributed by atoms with van der Waals surface area (Å²) in [4.78, 5) is 12.5. The van der Waals surface area contributed by atoms with Crippen LogP contribution >= 0.6 is 0 Å². The fourth-order valence-corrected chi connectivity index (χ4v) is 8.72. The number of ketones is 1. The molecule has 0 fully saturated rings. The zero-order chi connectivity index (χ0) is 60.1. The molecule has 1 heterocycles. The number of Topliss-reactive ketones (excluding diaryl/α,β-unsaturated/α-hetero) is 1. The Labute approximate surface area is 433 Å². The Hall–Kier alpha value is -7.99. The van der Waals surface area contributed by atoms with E-state index in [0.29, 0.717) is 16.8 Å². The van der Waals surface area contributed by atoms with Crippen molar-refractivity contribution in [3.8, 4) is 6.07 Å². The Bertz CT molecular complexity index is 3080. The van der Waals surface area contributed by atoms with Crippen LogP contribution in [0, 0.1) is 11.3 Å². The minimum absolute atomic E-state index is 0.00197. The van der Waals surface area contributed by atoms with Gasteiger partial charge in [-0.2, -0.15) is 137 Å². The van der Waals surface area contributed by atoms with Crippen molar-refractivity contribution in [1.82, 2.24) is 0 Å². The lowest BCUT2D eigenvalue weighted by Gasteiger charge is -2.46. The van der Waals surface area contributed by atoms with E-state index in [1.54, 1.807) is 16.7 Å². The molecule has 0 saturated heterocycles. The van der Waals surface area contributed by atoms with Gasteiger partial charge in [-0.05, 0) is 35.7 Å². The summed E-state index contributed by atoms with van der Waals surface area (Å²) >= 11 is 0. The highest BCUT2D eigenvalue weighted by molar-refractivity contribution is 7.20. The molecule has 0 radical (unpaired) electrons. The molecule has 7 aromatic rings. The van der Waals surface area contributed by atoms with Gasteiger partial charge in [-0.15, -0.1) is 0 Å². The first-order chi connectivity index (χ1) is 36.5. The van der Waals surface area contributed by atoms with Crippen LogP contribution in [-0.2, 0) is 56.0 Å². The molecule has 422 valence electrons. The van der Waals surface area contributed by atoms with Crippen LogP contribution in [0.4, 0.5) is 105 Å². The summed E-state index contributed by atoms with van der Waals surface area (Å²) in [5.41, 5.74) is -28.5. The molecule has 6 aromatic carbocycles. The van der Waals surface area contributed by atoms with Gasteiger partial charge in [0.1, 0.15) is 17.8 Å². The molecule has 7 rings (SSSR count). The van der Waals surface area contributed by atoms with E-state index in [9.17, 15) is 115 Å². The van der Waals surface area contributed by atoms with E-state index in [0.717, 1.165) is 10.8 Å². The Balaban J connectivity index is 0.000000370. The number of pyridine rings is 1. The van der Waals surface area contributed by atoms with Crippen LogP contribution in [0.2, 0.25) is 0 Å². The Morgan fingerprint density at radius 3 is 0.963 bits per heavy atom. The summed E-state index contributed by atoms with van der Waals surface area (Å²) in [7, 11) is 0. The highest BCUT2D eigenvalue weighted by Gasteiger charge is 2.47. The van der Waals surface area contributed by atoms with Crippen LogP contribution in [-0.4, -0.2) is 11.9 Å². The van der Waals surface area contributed by atoms with Crippen LogP contribution in [0.15, 0.2) is 146 Å². The Kier molecular flexibility index (Phi) is 16.3. The van der Waals surface area contributed by atoms with Crippen molar-refractivity contribution in [2.75, 3.05) is 0 Å². The molecule has 0 unspecified atom stereocenters. The van der Waals surface area contributed by atoms with E-state index in [-0.39, 0.29) is 12.3 Å². The standard InChI is InChI=1S/C32H12BF24.C20H15N2O/c34-25(35,36)13-1-14(26(37,38)39)6-21(5-13)33(22-7-15(27(40,41)42)2-16(8-22)28(43,44)45,23-9-17(29(46,47)48)3-18(10-23)30(49,50)51)24-11-19(31(52,53)54)4-20(12-24)32(55,56)57;1-15(13-21)20-18-10-6-5-7-16(18)11-12-22(20)14-19(23)17-8-3-2-4-9-17/h1-12H;2-12H,1,14H2/q-1;+1. The third-order valence-electron chi connectivity index (χ3n) is 12.2. The number of halogens is 24. The highest BCUT2D eigenvalue weighted by atomic mass is 19.4. The lowest BCUT2D eigenvalue weighted by Crippen LogP contribution is -2.75. The van der Waals surface area contributed by atoms with Crippen LogP contribution in [0.25, 0.3) is 16.3 Å². The molecule has 0 spiro atoms. The second-order valence-electron chi connectivity index (χ2n) is 17.5. The number of fused-ring (bicyclic) bond motifs is 1. The SMILES string of the molecule is C=C(C#N)c1c2ccccc2cc[n+]1CC(=O)c1ccccc1.FC(F)(F)c1cc([B-](c2cc(C(F)(F)F)cc(C(F)(F)F)c2)(c2cc(C(F)(F)F)cc(C(F)(F)F)c2)c2cc(C(F)(F)F)cc(C(F)(F)F)c2)cc(C(F)(F)F)c1. The van der Waals surface area contributed by atoms with Gasteiger partial charge >= 0.3 is 49.4 Å². The predicted octanol–water partition coefficient (Wildman–Crippen LogP) is 14.8. The minimum atomic E-state index is -6.13. The fourth-order valence-electron chi connectivity index (χ4n) is 8.72. The maximum absolute atomic E-state index is 14.2. The number of hydrogen-bond acceptors (Lipinski definition) is 2. The smallest absolute Gasteiger partial charge is 0.287 e. The molecule has 0 aliphatic heterocycles. The van der Waals surface area contributed by atoms with Gasteiger partial charge < -0.3 is 0 Å². The monoisotopic (exact) mass is 1160 g/mol. The number of nitriles is 1. The van der Waals surface area contributed by atoms with Crippen molar-refractivity contribution >= 4 is 50.1 Å². The molecule has 3 nitrogen and oxygen atoms in total. The molecule has 0 saturated carbocycles. The molecule has 0 bridgehead atoms. The molecule has 0 aliphatic carbocycles. The number of hydrogen-bond donors (Lipinski definition) is 0. The normalized spacial score (nSPS) is 13.1. The van der Waals surface area contributed by atoms with Gasteiger partial charge in [-0.3, -0.25) is 4.79 Å². The van der Waals surface area contributed by atoms with E-state index >= 15 is 0 Å². The zero-order valence-corrected chi connectivity index (χ0v) is 39.1. The highest BCUT2D eigenvalue weighted by Crippen LogP contribution is 2.41. The van der Waals surface area contributed by atoms with Crippen molar-refractivity contribution in [1.29, 1.82) is 5.26 Å². The molecular formula is C52H27BF24N2O. The summed E-state index contributed by atoms with van der Waals surface area (Å²) in [6, 6.07) is 12.2. The molecular weight excluding hydrogens is 1140 g/mol. The van der Waals surface area contributed by atoms with Crippen LogP contribution < -0.4 is 26.4 Å². The number of nitrogens with zero attached hydrogens (tertiary/aromatic N) is 2. The third kappa shape index (κ3) is 13.4. The Morgan fingerprint density at radius 1 is 0.412 bits per heavy atom. The summed E-state index contributed by atoms with van der Waals surface area (Å²) in [6.45, 7) is 4.01. The second kappa shape index (κ2) is 21.2. The summed E-state index contributed by atoms with van der Waals surface area (Å²) in [5.74, 6) is -0.00197. The number of benzene rings is 6. The van der Waals surface area contributed by atoms with Crippen molar-refractivity contribution in [2.24, 2.45) is 0 Å². The molecule has 80 heavy (non-hydrogen) atoms. The summed E-state index contributed by atoms with van der Waals surface area (Å²) < 4.78 is 343. The maximum atomic E-state index is 14.2. The first-order valence-electron chi connectivity index (χ1n) is 21.9. The fraction of sp³-hybridized carbons (Fsp3) is 0.173. The molecule has 0 atom stereocenters. The van der Waals surface area contributed by atoms with Crippen molar-refractivity contribution in [2.45, 2.75) is 56.0 Å². The number of carbonyl (C=O) groups excluding carboxylic acids is 1. The van der Waals surface area contributed by atoms with Crippen LogP contribution in [0.3, 0.4) is 0 Å². The van der Waals surface area contributed by atoms with Gasteiger partial charge in [0.25, 0.3) is 0 Å². The van der Waals surface area contributed by atoms with Crippen LogP contribution in [0.5, 0.6) is 0 Å². The minimum Gasteiger partial charge on any atom is -0.287 e. The van der Waals surface area contributed by atoms with E-state index in [1.165, 1.54) is 0 Å². The van der Waals surface area contributed by atoms with Gasteiger partial charge in [-0.25, -0.2) is 0 Å². The van der Waals surface area contributed by atoms with Gasteiger partial charge in [0, 0.05) is 11.6 Å². The van der Waals surface area contributed by atoms with Gasteiger partial charge in [0.15, 0.2) is 6.20 Å². The molecule has 0 amide bonds. The van der Waals surface area contributed by atoms with Gasteiger partial charge in [0.2, 0.25) is 18.0 Å². The summed E-state index contributed by atoms with van der Waals surface area (Å²) in [5, 5.41) is 11.2. The number of carbonyl (C=O) groups is 1. The van der Waals surface area contributed by atoms with E-state index in [1.807, 2.05) is 54.7 Å². The second-order valence-corrected chi connectivity index (χ2v) is 17.5. The predicted molar refractivity (Wildman–Crippen MR) is 240 cm³/mol. The first-order valence-corrected chi connectivity index (χ1v) is 21.9. The number of rotatable bonds is 8. The molecule has 1 aromatic heterocycles. The lowest BCUT2D eigenvalue weighted by molar-refractivity contribution is -0.683. The zero-order valence-electron chi connectivity index (χ0n) is 39.1.